The molecular formula is C26H31O4P. The van der Waals surface area contributed by atoms with Crippen LogP contribution in [0.1, 0.15) is 45.2 Å². The van der Waals surface area contributed by atoms with Gasteiger partial charge in [0.25, 0.3) is 8.03 Å². The number of rotatable bonds is 9. The van der Waals surface area contributed by atoms with Gasteiger partial charge in [0.2, 0.25) is 0 Å². The molecule has 4 nitrogen and oxygen atoms in total. The Labute approximate surface area is 186 Å². The Hall–Kier alpha value is -2.71. The van der Waals surface area contributed by atoms with Gasteiger partial charge in [-0.05, 0) is 60.9 Å². The predicted octanol–water partition coefficient (Wildman–Crippen LogP) is 7.08. The van der Waals surface area contributed by atoms with Crippen molar-refractivity contribution in [3.63, 3.8) is 0 Å². The van der Waals surface area contributed by atoms with Crippen molar-refractivity contribution in [2.75, 3.05) is 7.11 Å². The van der Waals surface area contributed by atoms with Gasteiger partial charge in [-0.15, -0.1) is 0 Å². The first-order valence-electron chi connectivity index (χ1n) is 10.5. The molecule has 0 aliphatic rings. The zero-order valence-corrected chi connectivity index (χ0v) is 19.8. The summed E-state index contributed by atoms with van der Waals surface area (Å²) in [5.74, 6) is 2.10. The van der Waals surface area contributed by atoms with Gasteiger partial charge in [-0.3, -0.25) is 4.57 Å². The topological polar surface area (TPSA) is 44.8 Å². The molecule has 0 fully saturated rings. The Bertz CT molecular complexity index is 998. The normalized spacial score (nSPS) is 14.4. The lowest BCUT2D eigenvalue weighted by molar-refractivity contribution is 0.159. The van der Waals surface area contributed by atoms with Crippen molar-refractivity contribution in [2.45, 2.75) is 44.9 Å². The van der Waals surface area contributed by atoms with Crippen LogP contribution in [0.15, 0.2) is 78.9 Å². The van der Waals surface area contributed by atoms with Crippen molar-refractivity contribution in [1.29, 1.82) is 0 Å². The first-order valence-corrected chi connectivity index (χ1v) is 11.8. The van der Waals surface area contributed by atoms with Crippen LogP contribution in [0.2, 0.25) is 0 Å². The fraction of sp³-hybridized carbons (Fsp3) is 0.308. The zero-order valence-electron chi connectivity index (χ0n) is 18.8. The molecule has 0 aliphatic heterocycles. The smallest absolute Gasteiger partial charge is 0.278 e. The average molecular weight is 439 g/mol. The molecule has 0 amide bonds. The van der Waals surface area contributed by atoms with Gasteiger partial charge >= 0.3 is 0 Å². The molecule has 2 unspecified atom stereocenters. The third kappa shape index (κ3) is 5.32. The monoisotopic (exact) mass is 438 g/mol. The van der Waals surface area contributed by atoms with Crippen LogP contribution in [0.3, 0.4) is 0 Å². The zero-order chi connectivity index (χ0) is 22.5. The molecular weight excluding hydrogens is 407 g/mol. The number of para-hydroxylation sites is 1. The summed E-state index contributed by atoms with van der Waals surface area (Å²) < 4.78 is 30.2. The van der Waals surface area contributed by atoms with Crippen LogP contribution in [-0.4, -0.2) is 12.5 Å². The molecule has 0 aromatic heterocycles. The molecule has 0 saturated heterocycles. The number of hydrogen-bond donors (Lipinski definition) is 0. The Kier molecular flexibility index (Phi) is 7.12. The van der Waals surface area contributed by atoms with Crippen LogP contribution in [0.5, 0.6) is 17.2 Å². The largest absolute Gasteiger partial charge is 0.497 e. The molecule has 3 aromatic carbocycles. The van der Waals surface area contributed by atoms with E-state index < -0.39 is 13.4 Å². The van der Waals surface area contributed by atoms with E-state index in [-0.39, 0.29) is 5.41 Å². The van der Waals surface area contributed by atoms with Gasteiger partial charge in [-0.25, -0.2) is 0 Å². The lowest BCUT2D eigenvalue weighted by atomic mass is 9.78. The van der Waals surface area contributed by atoms with E-state index in [9.17, 15) is 4.57 Å². The SMILES string of the molecule is CCC(C)(Oc1ccccc1)[PH](=O)Oc1ccc(C(C)(C)c2ccc(OC)cc2)cc1. The summed E-state index contributed by atoms with van der Waals surface area (Å²) >= 11 is 0. The molecule has 2 atom stereocenters. The van der Waals surface area contributed by atoms with E-state index in [1.165, 1.54) is 5.56 Å². The molecule has 5 heteroatoms. The summed E-state index contributed by atoms with van der Waals surface area (Å²) in [5.41, 5.74) is 2.14. The van der Waals surface area contributed by atoms with E-state index in [1.54, 1.807) is 7.11 Å². The van der Waals surface area contributed by atoms with E-state index in [4.69, 9.17) is 14.0 Å². The molecule has 0 saturated carbocycles. The molecule has 3 aromatic rings. The first-order chi connectivity index (χ1) is 14.8. The quantitative estimate of drug-likeness (QED) is 0.335. The third-order valence-corrected chi connectivity index (χ3v) is 7.53. The van der Waals surface area contributed by atoms with Gasteiger partial charge in [-0.1, -0.05) is 63.2 Å². The lowest BCUT2D eigenvalue weighted by Crippen LogP contribution is -2.28. The minimum atomic E-state index is -2.52. The van der Waals surface area contributed by atoms with E-state index in [0.717, 1.165) is 11.3 Å². The minimum absolute atomic E-state index is 0.190. The van der Waals surface area contributed by atoms with Gasteiger partial charge in [0, 0.05) is 5.41 Å². The lowest BCUT2D eigenvalue weighted by Gasteiger charge is -2.29. The van der Waals surface area contributed by atoms with Crippen molar-refractivity contribution >= 4 is 8.03 Å². The van der Waals surface area contributed by atoms with Crippen LogP contribution in [0, 0.1) is 0 Å². The second kappa shape index (κ2) is 9.62. The average Bonchev–Trinajstić information content (AvgIpc) is 2.80. The van der Waals surface area contributed by atoms with Crippen molar-refractivity contribution < 1.29 is 18.6 Å². The summed E-state index contributed by atoms with van der Waals surface area (Å²) in [6.45, 7) is 8.14. The summed E-state index contributed by atoms with van der Waals surface area (Å²) in [6.07, 6.45) is 0.572. The maximum atomic E-state index is 13.1. The molecule has 3 rings (SSSR count). The number of hydrogen-bond acceptors (Lipinski definition) is 4. The van der Waals surface area contributed by atoms with Gasteiger partial charge in [-0.2, -0.15) is 0 Å². The predicted molar refractivity (Wildman–Crippen MR) is 127 cm³/mol. The molecule has 0 bridgehead atoms. The van der Waals surface area contributed by atoms with Crippen molar-refractivity contribution in [2.24, 2.45) is 0 Å². The highest BCUT2D eigenvalue weighted by molar-refractivity contribution is 7.41. The molecule has 0 heterocycles. The Balaban J connectivity index is 1.73. The maximum absolute atomic E-state index is 13.1. The number of benzene rings is 3. The molecule has 0 N–H and O–H groups in total. The standard InChI is InChI=1S/C26H31O4P/c1-6-26(4,29-23-10-8-7-9-11-23)31(27)30-24-18-14-21(15-19-24)25(2,3)20-12-16-22(28-5)17-13-20/h7-19,31H,6H2,1-5H3. The van der Waals surface area contributed by atoms with E-state index in [2.05, 4.69) is 26.0 Å². The van der Waals surface area contributed by atoms with Gasteiger partial charge in [0.05, 0.1) is 7.11 Å². The number of methoxy groups -OCH3 is 1. The fourth-order valence-corrected chi connectivity index (χ4v) is 4.39. The third-order valence-electron chi connectivity index (χ3n) is 5.79. The summed E-state index contributed by atoms with van der Waals surface area (Å²) in [4.78, 5) is 0. The van der Waals surface area contributed by atoms with Gasteiger partial charge < -0.3 is 14.0 Å². The first kappa shape index (κ1) is 23.0. The molecule has 0 spiro atoms. The molecule has 164 valence electrons. The highest BCUT2D eigenvalue weighted by Gasteiger charge is 2.34. The Morgan fingerprint density at radius 3 is 1.74 bits per heavy atom. The van der Waals surface area contributed by atoms with Crippen molar-refractivity contribution in [3.05, 3.63) is 90.0 Å². The van der Waals surface area contributed by atoms with E-state index in [0.29, 0.717) is 17.9 Å². The van der Waals surface area contributed by atoms with Gasteiger partial charge in [0.15, 0.2) is 5.34 Å². The summed E-state index contributed by atoms with van der Waals surface area (Å²) in [5, 5.41) is -0.882. The molecule has 0 radical (unpaired) electrons. The van der Waals surface area contributed by atoms with Crippen LogP contribution in [0.25, 0.3) is 0 Å². The highest BCUT2D eigenvalue weighted by atomic mass is 31.1. The summed E-state index contributed by atoms with van der Waals surface area (Å²) in [6, 6.07) is 25.3. The van der Waals surface area contributed by atoms with Crippen molar-refractivity contribution in [1.82, 2.24) is 0 Å². The van der Waals surface area contributed by atoms with Crippen LogP contribution in [-0.2, 0) is 9.98 Å². The Morgan fingerprint density at radius 2 is 1.26 bits per heavy atom. The van der Waals surface area contributed by atoms with Crippen LogP contribution < -0.4 is 14.0 Å². The molecule has 0 aliphatic carbocycles. The Morgan fingerprint density at radius 1 is 0.742 bits per heavy atom. The highest BCUT2D eigenvalue weighted by Crippen LogP contribution is 2.44. The molecule has 31 heavy (non-hydrogen) atoms. The van der Waals surface area contributed by atoms with Crippen LogP contribution >= 0.6 is 8.03 Å². The van der Waals surface area contributed by atoms with Crippen LogP contribution in [0.4, 0.5) is 0 Å². The number of ether oxygens (including phenoxy) is 2. The second-order valence-electron chi connectivity index (χ2n) is 8.27. The summed E-state index contributed by atoms with van der Waals surface area (Å²) in [7, 11) is -0.855. The van der Waals surface area contributed by atoms with Gasteiger partial charge in [0.1, 0.15) is 17.2 Å². The second-order valence-corrected chi connectivity index (χ2v) is 10.1. The van der Waals surface area contributed by atoms with E-state index >= 15 is 0 Å². The van der Waals surface area contributed by atoms with E-state index in [1.807, 2.05) is 80.6 Å². The fourth-order valence-electron chi connectivity index (χ4n) is 3.34. The van der Waals surface area contributed by atoms with Crippen molar-refractivity contribution in [3.8, 4) is 17.2 Å². The maximum Gasteiger partial charge on any atom is 0.278 e. The minimum Gasteiger partial charge on any atom is -0.497 e.